The highest BCUT2D eigenvalue weighted by Gasteiger charge is 2.13. The molecule has 0 aromatic heterocycles. The lowest BCUT2D eigenvalue weighted by molar-refractivity contribution is -0.384. The minimum Gasteiger partial charge on any atom is -0.496 e. The van der Waals surface area contributed by atoms with Gasteiger partial charge in [-0.25, -0.2) is 4.79 Å². The summed E-state index contributed by atoms with van der Waals surface area (Å²) >= 11 is 3.27. The van der Waals surface area contributed by atoms with Crippen LogP contribution in [-0.4, -0.2) is 18.0 Å². The highest BCUT2D eigenvalue weighted by molar-refractivity contribution is 9.10. The van der Waals surface area contributed by atoms with Crippen LogP contribution in [0.15, 0.2) is 46.9 Å². The number of non-ortho nitro benzene ring substituents is 1. The highest BCUT2D eigenvalue weighted by atomic mass is 79.9. The number of nitro groups is 1. The van der Waals surface area contributed by atoms with Gasteiger partial charge in [-0.1, -0.05) is 6.07 Å². The molecule has 0 saturated carbocycles. The Balaban J connectivity index is 2.20. The van der Waals surface area contributed by atoms with Crippen molar-refractivity contribution >= 4 is 27.6 Å². The number of carbonyl (C=O) groups excluding carboxylic acids is 1. The van der Waals surface area contributed by atoms with Crippen LogP contribution in [0.25, 0.3) is 0 Å². The van der Waals surface area contributed by atoms with E-state index in [4.69, 9.17) is 9.47 Å². The van der Waals surface area contributed by atoms with E-state index < -0.39 is 10.9 Å². The van der Waals surface area contributed by atoms with Crippen molar-refractivity contribution in [3.8, 4) is 11.5 Å². The molecule has 108 valence electrons. The number of benzene rings is 2. The van der Waals surface area contributed by atoms with Crippen LogP contribution in [0.5, 0.6) is 11.5 Å². The zero-order chi connectivity index (χ0) is 15.4. The van der Waals surface area contributed by atoms with E-state index in [2.05, 4.69) is 15.9 Å². The zero-order valence-electron chi connectivity index (χ0n) is 10.9. The molecule has 2 aromatic carbocycles. The van der Waals surface area contributed by atoms with Gasteiger partial charge >= 0.3 is 5.97 Å². The van der Waals surface area contributed by atoms with E-state index >= 15 is 0 Å². The predicted octanol–water partition coefficient (Wildman–Crippen LogP) is 3.59. The molecule has 0 aliphatic carbocycles. The Hall–Kier alpha value is -2.41. The van der Waals surface area contributed by atoms with Crippen LogP contribution < -0.4 is 9.47 Å². The molecule has 0 atom stereocenters. The Labute approximate surface area is 128 Å². The van der Waals surface area contributed by atoms with Crippen LogP contribution >= 0.6 is 15.9 Å². The van der Waals surface area contributed by atoms with Crippen LogP contribution in [0, 0.1) is 10.1 Å². The topological polar surface area (TPSA) is 78.7 Å². The molecule has 2 rings (SSSR count). The van der Waals surface area contributed by atoms with E-state index in [1.165, 1.54) is 31.4 Å². The maximum Gasteiger partial charge on any atom is 0.343 e. The molecule has 0 unspecified atom stereocenters. The van der Waals surface area contributed by atoms with Crippen molar-refractivity contribution in [2.75, 3.05) is 7.11 Å². The van der Waals surface area contributed by atoms with Crippen molar-refractivity contribution < 1.29 is 19.2 Å². The number of nitro benzene ring substituents is 1. The maximum atomic E-state index is 12.0. The molecule has 0 fully saturated rings. The summed E-state index contributed by atoms with van der Waals surface area (Å²) in [5.41, 5.74) is 0.158. The third-order valence-electron chi connectivity index (χ3n) is 2.63. The maximum absolute atomic E-state index is 12.0. The van der Waals surface area contributed by atoms with E-state index in [9.17, 15) is 14.9 Å². The van der Waals surface area contributed by atoms with E-state index in [0.29, 0.717) is 15.8 Å². The smallest absolute Gasteiger partial charge is 0.343 e. The number of carbonyl (C=O) groups is 1. The van der Waals surface area contributed by atoms with Gasteiger partial charge in [0.25, 0.3) is 5.69 Å². The third kappa shape index (κ3) is 3.57. The van der Waals surface area contributed by atoms with Crippen LogP contribution in [-0.2, 0) is 0 Å². The number of esters is 1. The van der Waals surface area contributed by atoms with Gasteiger partial charge < -0.3 is 9.47 Å². The Morgan fingerprint density at radius 2 is 2.00 bits per heavy atom. The van der Waals surface area contributed by atoms with Gasteiger partial charge in [-0.2, -0.15) is 0 Å². The summed E-state index contributed by atoms with van der Waals surface area (Å²) in [5.74, 6) is 0.0851. The first-order valence-electron chi connectivity index (χ1n) is 5.81. The van der Waals surface area contributed by atoms with Crippen LogP contribution in [0.4, 0.5) is 5.69 Å². The monoisotopic (exact) mass is 351 g/mol. The molecular weight excluding hydrogens is 342 g/mol. The third-order valence-corrected chi connectivity index (χ3v) is 3.25. The van der Waals surface area contributed by atoms with Crippen molar-refractivity contribution in [1.82, 2.24) is 0 Å². The summed E-state index contributed by atoms with van der Waals surface area (Å²) in [6, 6.07) is 10.2. The fourth-order valence-electron chi connectivity index (χ4n) is 1.62. The number of methoxy groups -OCH3 is 1. The van der Waals surface area contributed by atoms with Gasteiger partial charge in [0.1, 0.15) is 11.5 Å². The van der Waals surface area contributed by atoms with E-state index in [0.717, 1.165) is 0 Å². The summed E-state index contributed by atoms with van der Waals surface area (Å²) in [5, 5.41) is 10.7. The highest BCUT2D eigenvalue weighted by Crippen LogP contribution is 2.26. The van der Waals surface area contributed by atoms with Crippen molar-refractivity contribution in [3.63, 3.8) is 0 Å². The van der Waals surface area contributed by atoms with Crippen LogP contribution in [0.2, 0.25) is 0 Å². The Morgan fingerprint density at radius 3 is 2.62 bits per heavy atom. The molecule has 0 saturated heterocycles. The molecule has 0 aliphatic heterocycles. The molecule has 2 aromatic rings. The number of halogens is 1. The van der Waals surface area contributed by atoms with Crippen LogP contribution in [0.1, 0.15) is 10.4 Å². The fourth-order valence-corrected chi connectivity index (χ4v) is 2.16. The minimum atomic E-state index is -0.612. The molecule has 0 radical (unpaired) electrons. The van der Waals surface area contributed by atoms with E-state index in [1.54, 1.807) is 18.2 Å². The second kappa shape index (κ2) is 6.36. The summed E-state index contributed by atoms with van der Waals surface area (Å²) < 4.78 is 10.8. The van der Waals surface area contributed by atoms with Gasteiger partial charge in [0.05, 0.1) is 28.1 Å². The number of rotatable bonds is 4. The first-order valence-corrected chi connectivity index (χ1v) is 6.60. The lowest BCUT2D eigenvalue weighted by Crippen LogP contribution is -2.08. The molecule has 6 nitrogen and oxygen atoms in total. The van der Waals surface area contributed by atoms with E-state index in [1.807, 2.05) is 0 Å². The minimum absolute atomic E-state index is 0.112. The first kappa shape index (κ1) is 15.0. The summed E-state index contributed by atoms with van der Waals surface area (Å²) in [6.07, 6.45) is 0. The number of nitrogens with zero attached hydrogens (tertiary/aromatic N) is 1. The molecule has 0 heterocycles. The lowest BCUT2D eigenvalue weighted by Gasteiger charge is -2.07. The number of hydrogen-bond donors (Lipinski definition) is 0. The average molecular weight is 352 g/mol. The Bertz CT molecular complexity index is 702. The molecule has 21 heavy (non-hydrogen) atoms. The lowest BCUT2D eigenvalue weighted by atomic mass is 10.2. The molecule has 0 aliphatic rings. The quantitative estimate of drug-likeness (QED) is 0.364. The SMILES string of the molecule is COc1ccc(C(=O)Oc2cccc([N+](=O)[O-])c2)cc1Br. The van der Waals surface area contributed by atoms with Crippen LogP contribution in [0.3, 0.4) is 0 Å². The second-order valence-electron chi connectivity index (χ2n) is 3.99. The standard InChI is InChI=1S/C14H10BrNO5/c1-20-13-6-5-9(7-12(13)15)14(17)21-11-4-2-3-10(8-11)16(18)19/h2-8H,1H3. The largest absolute Gasteiger partial charge is 0.496 e. The fraction of sp³-hybridized carbons (Fsp3) is 0.0714. The summed E-state index contributed by atoms with van der Waals surface area (Å²) in [7, 11) is 1.52. The van der Waals surface area contributed by atoms with Gasteiger partial charge in [0.15, 0.2) is 0 Å². The summed E-state index contributed by atoms with van der Waals surface area (Å²) in [6.45, 7) is 0. The average Bonchev–Trinajstić information content (AvgIpc) is 2.47. The van der Waals surface area contributed by atoms with Gasteiger partial charge in [-0.15, -0.1) is 0 Å². The molecule has 0 bridgehead atoms. The zero-order valence-corrected chi connectivity index (χ0v) is 12.5. The second-order valence-corrected chi connectivity index (χ2v) is 4.85. The number of ether oxygens (including phenoxy) is 2. The Kier molecular flexibility index (Phi) is 4.54. The van der Waals surface area contributed by atoms with Crippen molar-refractivity contribution in [1.29, 1.82) is 0 Å². The van der Waals surface area contributed by atoms with E-state index in [-0.39, 0.29) is 11.4 Å². The van der Waals surface area contributed by atoms with Crippen molar-refractivity contribution in [2.45, 2.75) is 0 Å². The van der Waals surface area contributed by atoms with Gasteiger partial charge in [0.2, 0.25) is 0 Å². The normalized spacial score (nSPS) is 10.0. The van der Waals surface area contributed by atoms with Crippen molar-refractivity contribution in [3.05, 3.63) is 62.6 Å². The van der Waals surface area contributed by atoms with Crippen molar-refractivity contribution in [2.24, 2.45) is 0 Å². The van der Waals surface area contributed by atoms with Gasteiger partial charge in [-0.05, 0) is 40.2 Å². The predicted molar refractivity (Wildman–Crippen MR) is 78.7 cm³/mol. The Morgan fingerprint density at radius 1 is 1.24 bits per heavy atom. The molecule has 0 N–H and O–H groups in total. The number of hydrogen-bond acceptors (Lipinski definition) is 5. The molecular formula is C14H10BrNO5. The summed E-state index contributed by atoms with van der Waals surface area (Å²) in [4.78, 5) is 22.1. The van der Waals surface area contributed by atoms with Gasteiger partial charge in [0, 0.05) is 6.07 Å². The molecule has 0 spiro atoms. The van der Waals surface area contributed by atoms with Gasteiger partial charge in [-0.3, -0.25) is 10.1 Å². The first-order chi connectivity index (χ1) is 10.0. The molecule has 0 amide bonds. The molecule has 7 heteroatoms.